The van der Waals surface area contributed by atoms with Crippen molar-refractivity contribution in [3.63, 3.8) is 0 Å². The number of fused-ring (bicyclic) bond motifs is 1. The first-order valence-electron chi connectivity index (χ1n) is 4.64. The summed E-state index contributed by atoms with van der Waals surface area (Å²) in [4.78, 5) is 11.8. The number of benzene rings is 1. The predicted octanol–water partition coefficient (Wildman–Crippen LogP) is 1.01. The fourth-order valence-corrected chi connectivity index (χ4v) is 1.83. The molecule has 2 rings (SSSR count). The Morgan fingerprint density at radius 2 is 1.75 bits per heavy atom. The number of carbonyl (C=O) groups is 1. The lowest BCUT2D eigenvalue weighted by atomic mass is 10.0. The number of ketones is 1. The number of nitriles is 2. The van der Waals surface area contributed by atoms with Crippen LogP contribution >= 0.6 is 0 Å². The zero-order valence-corrected chi connectivity index (χ0v) is 8.27. The highest BCUT2D eigenvalue weighted by Crippen LogP contribution is 2.33. The van der Waals surface area contributed by atoms with Crippen molar-refractivity contribution in [1.82, 2.24) is 0 Å². The van der Waals surface area contributed by atoms with E-state index in [-0.39, 0.29) is 11.4 Å². The van der Waals surface area contributed by atoms with Gasteiger partial charge >= 0.3 is 0 Å². The molecule has 4 heteroatoms. The largest absolute Gasteiger partial charge is 0.317 e. The molecule has 1 unspecified atom stereocenters. The van der Waals surface area contributed by atoms with E-state index in [0.717, 1.165) is 0 Å². The van der Waals surface area contributed by atoms with Crippen LogP contribution in [0.1, 0.15) is 15.9 Å². The molecule has 0 radical (unpaired) electrons. The van der Waals surface area contributed by atoms with Gasteiger partial charge in [-0.1, -0.05) is 24.3 Å². The van der Waals surface area contributed by atoms with E-state index < -0.39 is 6.04 Å². The van der Waals surface area contributed by atoms with Gasteiger partial charge in [0.15, 0.2) is 5.78 Å². The van der Waals surface area contributed by atoms with E-state index in [9.17, 15) is 4.79 Å². The molecule has 1 aromatic carbocycles. The molecule has 0 spiro atoms. The lowest BCUT2D eigenvalue weighted by Gasteiger charge is -2.03. The first-order chi connectivity index (χ1) is 7.70. The number of carbonyl (C=O) groups excluding carboxylic acids is 1. The minimum Gasteiger partial charge on any atom is -0.317 e. The number of Topliss-reactive ketones (excluding diaryl/α,β-unsaturated/α-hetero) is 1. The number of nitrogens with two attached hydrogens (primary N) is 1. The van der Waals surface area contributed by atoms with Gasteiger partial charge in [-0.25, -0.2) is 0 Å². The molecule has 1 atom stereocenters. The highest BCUT2D eigenvalue weighted by Gasteiger charge is 2.34. The van der Waals surface area contributed by atoms with E-state index in [1.54, 1.807) is 36.4 Å². The van der Waals surface area contributed by atoms with Gasteiger partial charge in [0.2, 0.25) is 0 Å². The van der Waals surface area contributed by atoms with Crippen molar-refractivity contribution in [3.8, 4) is 12.1 Å². The third-order valence-electron chi connectivity index (χ3n) is 2.57. The van der Waals surface area contributed by atoms with Crippen LogP contribution in [0.4, 0.5) is 0 Å². The van der Waals surface area contributed by atoms with Crippen molar-refractivity contribution in [3.05, 3.63) is 41.0 Å². The first kappa shape index (κ1) is 10.1. The van der Waals surface area contributed by atoms with Gasteiger partial charge in [0, 0.05) is 11.1 Å². The van der Waals surface area contributed by atoms with Crippen molar-refractivity contribution >= 4 is 11.4 Å². The molecule has 4 nitrogen and oxygen atoms in total. The molecule has 0 fully saturated rings. The van der Waals surface area contributed by atoms with Gasteiger partial charge in [-0.3, -0.25) is 4.79 Å². The van der Waals surface area contributed by atoms with E-state index in [4.69, 9.17) is 16.3 Å². The molecule has 0 heterocycles. The Morgan fingerprint density at radius 1 is 1.19 bits per heavy atom. The van der Waals surface area contributed by atoms with Crippen LogP contribution in [0.25, 0.3) is 5.57 Å². The maximum absolute atomic E-state index is 11.8. The van der Waals surface area contributed by atoms with Crippen LogP contribution < -0.4 is 5.73 Å². The highest BCUT2D eigenvalue weighted by atomic mass is 16.1. The molecule has 76 valence electrons. The van der Waals surface area contributed by atoms with Gasteiger partial charge < -0.3 is 5.73 Å². The maximum Gasteiger partial charge on any atom is 0.184 e. The summed E-state index contributed by atoms with van der Waals surface area (Å²) in [5.41, 5.74) is 7.04. The zero-order valence-electron chi connectivity index (χ0n) is 8.27. The molecule has 2 N–H and O–H groups in total. The standard InChI is InChI=1S/C12H7N3O/c13-5-7(6-14)10-8-3-1-2-4-9(8)12(16)11(10)15/h1-4,11H,15H2. The molecular weight excluding hydrogens is 202 g/mol. The molecule has 0 saturated heterocycles. The van der Waals surface area contributed by atoms with Gasteiger partial charge in [0.25, 0.3) is 0 Å². The average molecular weight is 209 g/mol. The quantitative estimate of drug-likeness (QED) is 0.645. The fourth-order valence-electron chi connectivity index (χ4n) is 1.83. The van der Waals surface area contributed by atoms with Crippen LogP contribution in [0, 0.1) is 22.7 Å². The molecule has 0 saturated carbocycles. The molecule has 0 aromatic heterocycles. The lowest BCUT2D eigenvalue weighted by Crippen LogP contribution is -2.26. The summed E-state index contributed by atoms with van der Waals surface area (Å²) < 4.78 is 0. The lowest BCUT2D eigenvalue weighted by molar-refractivity contribution is 0.0988. The van der Waals surface area contributed by atoms with Crippen molar-refractivity contribution in [2.24, 2.45) is 5.73 Å². The van der Waals surface area contributed by atoms with E-state index >= 15 is 0 Å². The van der Waals surface area contributed by atoms with Crippen molar-refractivity contribution in [1.29, 1.82) is 10.5 Å². The minimum atomic E-state index is -0.897. The van der Waals surface area contributed by atoms with Gasteiger partial charge in [0.05, 0.1) is 6.04 Å². The normalized spacial score (nSPS) is 17.6. The van der Waals surface area contributed by atoms with Crippen LogP contribution in [0.5, 0.6) is 0 Å². The zero-order chi connectivity index (χ0) is 11.7. The molecule has 0 bridgehead atoms. The summed E-state index contributed by atoms with van der Waals surface area (Å²) in [5.74, 6) is -0.242. The fraction of sp³-hybridized carbons (Fsp3) is 0.0833. The number of hydrogen-bond donors (Lipinski definition) is 1. The minimum absolute atomic E-state index is 0.0919. The Labute approximate surface area is 92.2 Å². The van der Waals surface area contributed by atoms with Gasteiger partial charge in [-0.2, -0.15) is 10.5 Å². The summed E-state index contributed by atoms with van der Waals surface area (Å²) in [6.07, 6.45) is 0. The van der Waals surface area contributed by atoms with Gasteiger partial charge in [-0.15, -0.1) is 0 Å². The van der Waals surface area contributed by atoms with Gasteiger partial charge in [-0.05, 0) is 5.56 Å². The topological polar surface area (TPSA) is 90.7 Å². The van der Waals surface area contributed by atoms with Crippen LogP contribution in [0.2, 0.25) is 0 Å². The van der Waals surface area contributed by atoms with E-state index in [0.29, 0.717) is 16.7 Å². The van der Waals surface area contributed by atoms with Crippen LogP contribution in [-0.2, 0) is 0 Å². The maximum atomic E-state index is 11.8. The number of rotatable bonds is 0. The summed E-state index contributed by atoms with van der Waals surface area (Å²) in [5, 5.41) is 17.6. The monoisotopic (exact) mass is 209 g/mol. The van der Waals surface area contributed by atoms with E-state index in [1.165, 1.54) is 0 Å². The van der Waals surface area contributed by atoms with E-state index in [2.05, 4.69) is 0 Å². The van der Waals surface area contributed by atoms with Gasteiger partial charge in [0.1, 0.15) is 17.7 Å². The summed E-state index contributed by atoms with van der Waals surface area (Å²) in [6, 6.07) is 9.47. The Balaban J connectivity index is 2.78. The average Bonchev–Trinajstić information content (AvgIpc) is 2.57. The second kappa shape index (κ2) is 3.62. The number of allylic oxidation sites excluding steroid dienone is 1. The van der Waals surface area contributed by atoms with Crippen molar-refractivity contribution in [2.75, 3.05) is 0 Å². The summed E-state index contributed by atoms with van der Waals surface area (Å²) in [7, 11) is 0. The Kier molecular flexibility index (Phi) is 2.28. The second-order valence-corrected chi connectivity index (χ2v) is 3.40. The molecule has 16 heavy (non-hydrogen) atoms. The predicted molar refractivity (Wildman–Crippen MR) is 56.9 cm³/mol. The van der Waals surface area contributed by atoms with Crippen LogP contribution in [-0.4, -0.2) is 11.8 Å². The smallest absolute Gasteiger partial charge is 0.184 e. The summed E-state index contributed by atoms with van der Waals surface area (Å²) in [6.45, 7) is 0. The molecule has 0 aliphatic heterocycles. The Bertz CT molecular complexity index is 571. The molecule has 1 aliphatic carbocycles. The molecule has 1 aliphatic rings. The van der Waals surface area contributed by atoms with E-state index in [1.807, 2.05) is 0 Å². The summed E-state index contributed by atoms with van der Waals surface area (Å²) >= 11 is 0. The highest BCUT2D eigenvalue weighted by molar-refractivity contribution is 6.17. The third kappa shape index (κ3) is 1.22. The number of hydrogen-bond acceptors (Lipinski definition) is 4. The van der Waals surface area contributed by atoms with Crippen LogP contribution in [0.3, 0.4) is 0 Å². The molecular formula is C12H7N3O. The molecule has 1 aromatic rings. The van der Waals surface area contributed by atoms with Crippen LogP contribution in [0.15, 0.2) is 29.8 Å². The van der Waals surface area contributed by atoms with Crippen molar-refractivity contribution in [2.45, 2.75) is 6.04 Å². The second-order valence-electron chi connectivity index (χ2n) is 3.40. The SMILES string of the molecule is N#CC(C#N)=C1c2ccccc2C(=O)C1N. The molecule has 0 amide bonds. The Hall–Kier alpha value is -2.43. The third-order valence-corrected chi connectivity index (χ3v) is 2.57. The first-order valence-corrected chi connectivity index (χ1v) is 4.64. The van der Waals surface area contributed by atoms with Crippen molar-refractivity contribution < 1.29 is 4.79 Å². The number of nitrogens with zero attached hydrogens (tertiary/aromatic N) is 2. The Morgan fingerprint density at radius 3 is 2.31 bits per heavy atom.